The summed E-state index contributed by atoms with van der Waals surface area (Å²) in [5, 5.41) is 4.79. The number of hydrogen-bond acceptors (Lipinski definition) is 5. The zero-order valence-electron chi connectivity index (χ0n) is 12.8. The van der Waals surface area contributed by atoms with Gasteiger partial charge in [0.25, 0.3) is 5.91 Å². The molecular formula is C16H18N2O5. The van der Waals surface area contributed by atoms with Crippen molar-refractivity contribution in [2.75, 3.05) is 0 Å². The summed E-state index contributed by atoms with van der Waals surface area (Å²) in [6.07, 6.45) is 0.791. The van der Waals surface area contributed by atoms with E-state index in [1.807, 2.05) is 6.07 Å². The highest BCUT2D eigenvalue weighted by molar-refractivity contribution is 5.98. The Labute approximate surface area is 133 Å². The van der Waals surface area contributed by atoms with E-state index < -0.39 is 24.0 Å². The van der Waals surface area contributed by atoms with Gasteiger partial charge in [-0.25, -0.2) is 9.59 Å². The molecule has 1 fully saturated rings. The molecule has 3 rings (SSSR count). The quantitative estimate of drug-likeness (QED) is 0.815. The van der Waals surface area contributed by atoms with Crippen molar-refractivity contribution in [3.63, 3.8) is 0 Å². The number of rotatable bonds is 4. The van der Waals surface area contributed by atoms with E-state index in [4.69, 9.17) is 9.47 Å². The number of ether oxygens (including phenoxy) is 2. The molecule has 1 heterocycles. The van der Waals surface area contributed by atoms with Crippen LogP contribution in [0.4, 0.5) is 4.79 Å². The number of carbonyl (C=O) groups excluding carboxylic acids is 3. The van der Waals surface area contributed by atoms with Crippen LogP contribution in [0.5, 0.6) is 0 Å². The van der Waals surface area contributed by atoms with Crippen molar-refractivity contribution in [3.05, 3.63) is 34.9 Å². The molecule has 2 N–H and O–H groups in total. The van der Waals surface area contributed by atoms with Crippen LogP contribution >= 0.6 is 0 Å². The fourth-order valence-electron chi connectivity index (χ4n) is 2.24. The van der Waals surface area contributed by atoms with Gasteiger partial charge in [-0.2, -0.15) is 0 Å². The van der Waals surface area contributed by atoms with E-state index in [-0.39, 0.29) is 6.04 Å². The molecule has 1 atom stereocenters. The van der Waals surface area contributed by atoms with Gasteiger partial charge >= 0.3 is 12.0 Å². The second-order valence-electron chi connectivity index (χ2n) is 5.76. The second-order valence-corrected chi connectivity index (χ2v) is 5.76. The fourth-order valence-corrected chi connectivity index (χ4v) is 2.24. The van der Waals surface area contributed by atoms with Crippen LogP contribution < -0.4 is 10.6 Å². The van der Waals surface area contributed by atoms with E-state index in [2.05, 4.69) is 10.6 Å². The average Bonchev–Trinajstić information content (AvgIpc) is 3.19. The van der Waals surface area contributed by atoms with E-state index in [9.17, 15) is 14.4 Å². The first kappa shape index (κ1) is 15.5. The minimum Gasteiger partial charge on any atom is -0.449 e. The molecule has 1 saturated carbocycles. The van der Waals surface area contributed by atoms with Crippen molar-refractivity contribution in [1.82, 2.24) is 10.6 Å². The molecule has 122 valence electrons. The third kappa shape index (κ3) is 3.87. The molecule has 0 aromatic heterocycles. The number of nitrogens with one attached hydrogen (secondary N) is 2. The first-order chi connectivity index (χ1) is 11.0. The summed E-state index contributed by atoms with van der Waals surface area (Å²) in [6, 6.07) is 4.74. The van der Waals surface area contributed by atoms with Gasteiger partial charge in [-0.15, -0.1) is 0 Å². The second kappa shape index (κ2) is 6.37. The Balaban J connectivity index is 1.53. The summed E-state index contributed by atoms with van der Waals surface area (Å²) in [6.45, 7) is 2.43. The molecule has 2 aliphatic rings. The van der Waals surface area contributed by atoms with Gasteiger partial charge in [-0.1, -0.05) is 6.07 Å². The highest BCUT2D eigenvalue weighted by atomic mass is 16.5. The van der Waals surface area contributed by atoms with Crippen LogP contribution in [-0.4, -0.2) is 30.1 Å². The van der Waals surface area contributed by atoms with Crippen LogP contribution in [0, 0.1) is 0 Å². The molecule has 1 aromatic rings. The number of hydrogen-bond donors (Lipinski definition) is 2. The maximum absolute atomic E-state index is 12.1. The highest BCUT2D eigenvalue weighted by Crippen LogP contribution is 2.21. The fraction of sp³-hybridized carbons (Fsp3) is 0.438. The molecule has 0 saturated heterocycles. The summed E-state index contributed by atoms with van der Waals surface area (Å²) in [7, 11) is 0. The van der Waals surface area contributed by atoms with Crippen LogP contribution in [0.2, 0.25) is 0 Å². The van der Waals surface area contributed by atoms with E-state index in [0.717, 1.165) is 24.0 Å². The lowest BCUT2D eigenvalue weighted by Crippen LogP contribution is -2.45. The van der Waals surface area contributed by atoms with Crippen molar-refractivity contribution in [1.29, 1.82) is 0 Å². The molecule has 3 amide bonds. The van der Waals surface area contributed by atoms with Crippen molar-refractivity contribution in [2.24, 2.45) is 0 Å². The summed E-state index contributed by atoms with van der Waals surface area (Å²) < 4.78 is 10.4. The standard InChI is InChI=1S/C16H18N2O5/c1-9(14(19)18-16(21)17-13-4-5-13)23-15(20)10-2-3-11-7-22-8-12(11)6-10/h2-3,6,9,13H,4-5,7-8H2,1H3,(H2,17,18,19,21)/t9-/m0/s1. The molecule has 0 spiro atoms. The largest absolute Gasteiger partial charge is 0.449 e. The van der Waals surface area contributed by atoms with E-state index in [1.54, 1.807) is 12.1 Å². The zero-order valence-corrected chi connectivity index (χ0v) is 12.8. The third-order valence-corrected chi connectivity index (χ3v) is 3.76. The van der Waals surface area contributed by atoms with Gasteiger partial charge in [0.2, 0.25) is 0 Å². The van der Waals surface area contributed by atoms with Crippen molar-refractivity contribution in [2.45, 2.75) is 45.1 Å². The lowest BCUT2D eigenvalue weighted by atomic mass is 10.1. The average molecular weight is 318 g/mol. The highest BCUT2D eigenvalue weighted by Gasteiger charge is 2.26. The first-order valence-corrected chi connectivity index (χ1v) is 7.55. The van der Waals surface area contributed by atoms with Crippen molar-refractivity contribution in [3.8, 4) is 0 Å². The minimum absolute atomic E-state index is 0.147. The van der Waals surface area contributed by atoms with Gasteiger partial charge in [-0.3, -0.25) is 10.1 Å². The van der Waals surface area contributed by atoms with Crippen LogP contribution in [-0.2, 0) is 27.5 Å². The van der Waals surface area contributed by atoms with Crippen LogP contribution in [0.3, 0.4) is 0 Å². The van der Waals surface area contributed by atoms with Gasteiger partial charge in [0.05, 0.1) is 18.8 Å². The van der Waals surface area contributed by atoms with E-state index in [0.29, 0.717) is 18.8 Å². The summed E-state index contributed by atoms with van der Waals surface area (Å²) in [4.78, 5) is 35.4. The SMILES string of the molecule is C[C@H](OC(=O)c1ccc2c(c1)COC2)C(=O)NC(=O)NC1CC1. The summed E-state index contributed by atoms with van der Waals surface area (Å²) in [5.41, 5.74) is 2.35. The number of esters is 1. The van der Waals surface area contributed by atoms with E-state index >= 15 is 0 Å². The predicted molar refractivity (Wildman–Crippen MR) is 79.5 cm³/mol. The predicted octanol–water partition coefficient (Wildman–Crippen LogP) is 1.25. The monoisotopic (exact) mass is 318 g/mol. The van der Waals surface area contributed by atoms with Gasteiger partial charge < -0.3 is 14.8 Å². The Hall–Kier alpha value is -2.41. The maximum atomic E-state index is 12.1. The number of amides is 3. The molecule has 0 bridgehead atoms. The lowest BCUT2D eigenvalue weighted by molar-refractivity contribution is -0.127. The topological polar surface area (TPSA) is 93.7 Å². The molecule has 1 aromatic carbocycles. The smallest absolute Gasteiger partial charge is 0.338 e. The lowest BCUT2D eigenvalue weighted by Gasteiger charge is -2.13. The molecular weight excluding hydrogens is 300 g/mol. The zero-order chi connectivity index (χ0) is 16.4. The van der Waals surface area contributed by atoms with Gasteiger partial charge in [0.15, 0.2) is 6.10 Å². The first-order valence-electron chi connectivity index (χ1n) is 7.55. The summed E-state index contributed by atoms with van der Waals surface area (Å²) in [5.74, 6) is -1.26. The number of carbonyl (C=O) groups is 3. The van der Waals surface area contributed by atoms with E-state index in [1.165, 1.54) is 6.92 Å². The van der Waals surface area contributed by atoms with Crippen molar-refractivity contribution < 1.29 is 23.9 Å². The molecule has 7 nitrogen and oxygen atoms in total. The maximum Gasteiger partial charge on any atom is 0.338 e. The molecule has 0 unspecified atom stereocenters. The van der Waals surface area contributed by atoms with Crippen molar-refractivity contribution >= 4 is 17.9 Å². The van der Waals surface area contributed by atoms with Crippen LogP contribution in [0.25, 0.3) is 0 Å². The normalized spacial score (nSPS) is 17.1. The number of imide groups is 1. The number of fused-ring (bicyclic) bond motifs is 1. The Bertz CT molecular complexity index is 654. The van der Waals surface area contributed by atoms with Crippen LogP contribution in [0.15, 0.2) is 18.2 Å². The number of urea groups is 1. The Morgan fingerprint density at radius 1 is 1.22 bits per heavy atom. The molecule has 23 heavy (non-hydrogen) atoms. The Morgan fingerprint density at radius 2 is 1.96 bits per heavy atom. The minimum atomic E-state index is -1.06. The van der Waals surface area contributed by atoms with Gasteiger partial charge in [-0.05, 0) is 43.0 Å². The number of benzene rings is 1. The Morgan fingerprint density at radius 3 is 2.70 bits per heavy atom. The molecule has 1 aliphatic carbocycles. The van der Waals surface area contributed by atoms with Crippen LogP contribution in [0.1, 0.15) is 41.3 Å². The summed E-state index contributed by atoms with van der Waals surface area (Å²) >= 11 is 0. The molecule has 0 radical (unpaired) electrons. The molecule has 7 heteroatoms. The van der Waals surface area contributed by atoms with Gasteiger partial charge in [0, 0.05) is 6.04 Å². The van der Waals surface area contributed by atoms with Gasteiger partial charge in [0.1, 0.15) is 0 Å². The molecule has 1 aliphatic heterocycles. The Kier molecular flexibility index (Phi) is 4.29. The third-order valence-electron chi connectivity index (χ3n) is 3.76.